The number of hydrogen-bond acceptors (Lipinski definition) is 2. The number of carbonyl (C=O) groups is 2. The highest BCUT2D eigenvalue weighted by Gasteiger charge is 2.41. The Labute approximate surface area is 91.0 Å². The van der Waals surface area contributed by atoms with E-state index in [1.165, 1.54) is 4.90 Å². The molecular formula is C11H20N2O2. The van der Waals surface area contributed by atoms with Crippen LogP contribution < -0.4 is 5.32 Å². The van der Waals surface area contributed by atoms with Crippen molar-refractivity contribution in [3.05, 3.63) is 0 Å². The molecule has 1 rings (SSSR count). The largest absolute Gasteiger partial charge is 0.337 e. The van der Waals surface area contributed by atoms with Crippen molar-refractivity contribution in [2.75, 3.05) is 6.54 Å². The Morgan fingerprint density at radius 2 is 1.87 bits per heavy atom. The van der Waals surface area contributed by atoms with Crippen molar-refractivity contribution in [3.8, 4) is 0 Å². The fraction of sp³-hybridized carbons (Fsp3) is 0.818. The van der Waals surface area contributed by atoms with Gasteiger partial charge in [-0.15, -0.1) is 0 Å². The van der Waals surface area contributed by atoms with E-state index < -0.39 is 5.54 Å². The van der Waals surface area contributed by atoms with Gasteiger partial charge < -0.3 is 5.32 Å². The topological polar surface area (TPSA) is 49.4 Å². The molecule has 0 aromatic heterocycles. The van der Waals surface area contributed by atoms with Gasteiger partial charge in [-0.3, -0.25) is 9.69 Å². The van der Waals surface area contributed by atoms with Gasteiger partial charge >= 0.3 is 6.03 Å². The molecular weight excluding hydrogens is 192 g/mol. The highest BCUT2D eigenvalue weighted by Crippen LogP contribution is 2.23. The Bertz CT molecular complexity index is 279. The summed E-state index contributed by atoms with van der Waals surface area (Å²) >= 11 is 0. The zero-order valence-corrected chi connectivity index (χ0v) is 10.1. The minimum atomic E-state index is -0.450. The third-order valence-electron chi connectivity index (χ3n) is 2.69. The smallest absolute Gasteiger partial charge is 0.324 e. The van der Waals surface area contributed by atoms with Crippen LogP contribution in [-0.4, -0.2) is 28.9 Å². The first-order valence-corrected chi connectivity index (χ1v) is 5.37. The molecule has 1 saturated heterocycles. The Hall–Kier alpha value is -1.06. The Balaban J connectivity index is 2.94. The van der Waals surface area contributed by atoms with Crippen LogP contribution in [0.2, 0.25) is 0 Å². The van der Waals surface area contributed by atoms with Crippen LogP contribution in [0.1, 0.15) is 34.6 Å². The molecule has 0 aliphatic carbocycles. The average molecular weight is 212 g/mol. The maximum absolute atomic E-state index is 12.1. The molecule has 1 atom stereocenters. The number of carbonyl (C=O) groups excluding carboxylic acids is 2. The lowest BCUT2D eigenvalue weighted by atomic mass is 9.90. The number of urea groups is 1. The summed E-state index contributed by atoms with van der Waals surface area (Å²) in [5, 5.41) is 2.77. The van der Waals surface area contributed by atoms with Crippen LogP contribution in [-0.2, 0) is 4.79 Å². The molecule has 1 aliphatic rings. The summed E-state index contributed by atoms with van der Waals surface area (Å²) in [5.74, 6) is 0.103. The summed E-state index contributed by atoms with van der Waals surface area (Å²) in [5.41, 5.74) is -0.450. The number of nitrogens with zero attached hydrogens (tertiary/aromatic N) is 1. The van der Waals surface area contributed by atoms with E-state index in [4.69, 9.17) is 0 Å². The van der Waals surface area contributed by atoms with E-state index in [9.17, 15) is 9.59 Å². The first-order chi connectivity index (χ1) is 6.75. The third kappa shape index (κ3) is 2.30. The van der Waals surface area contributed by atoms with Crippen LogP contribution in [0.4, 0.5) is 4.79 Å². The van der Waals surface area contributed by atoms with Gasteiger partial charge in [0.05, 0.1) is 5.92 Å². The molecule has 0 aromatic carbocycles. The van der Waals surface area contributed by atoms with Gasteiger partial charge in [0.25, 0.3) is 0 Å². The Morgan fingerprint density at radius 3 is 2.27 bits per heavy atom. The highest BCUT2D eigenvalue weighted by atomic mass is 16.2. The third-order valence-corrected chi connectivity index (χ3v) is 2.69. The van der Waals surface area contributed by atoms with Crippen molar-refractivity contribution in [1.29, 1.82) is 0 Å². The molecule has 3 amide bonds. The lowest BCUT2D eigenvalue weighted by Crippen LogP contribution is -2.61. The first kappa shape index (κ1) is 12.0. The van der Waals surface area contributed by atoms with E-state index in [1.807, 2.05) is 34.6 Å². The van der Waals surface area contributed by atoms with Gasteiger partial charge in [-0.1, -0.05) is 13.8 Å². The maximum atomic E-state index is 12.1. The van der Waals surface area contributed by atoms with Crippen molar-refractivity contribution in [3.63, 3.8) is 0 Å². The van der Waals surface area contributed by atoms with E-state index >= 15 is 0 Å². The lowest BCUT2D eigenvalue weighted by molar-refractivity contribution is -0.139. The predicted molar refractivity (Wildman–Crippen MR) is 58.3 cm³/mol. The van der Waals surface area contributed by atoms with E-state index in [1.54, 1.807) is 0 Å². The molecule has 1 aliphatic heterocycles. The number of amides is 3. The van der Waals surface area contributed by atoms with Crippen LogP contribution in [0.3, 0.4) is 0 Å². The first-order valence-electron chi connectivity index (χ1n) is 5.37. The Kier molecular flexibility index (Phi) is 3.07. The van der Waals surface area contributed by atoms with Gasteiger partial charge in [0, 0.05) is 12.1 Å². The van der Waals surface area contributed by atoms with Gasteiger partial charge in [-0.25, -0.2) is 4.79 Å². The summed E-state index contributed by atoms with van der Waals surface area (Å²) < 4.78 is 0. The quantitative estimate of drug-likeness (QED) is 0.718. The second-order valence-electron chi connectivity index (χ2n) is 5.38. The van der Waals surface area contributed by atoms with Gasteiger partial charge in [0.15, 0.2) is 0 Å². The maximum Gasteiger partial charge on any atom is 0.324 e. The molecule has 0 saturated carbocycles. The van der Waals surface area contributed by atoms with E-state index in [0.717, 1.165) is 0 Å². The molecule has 4 heteroatoms. The van der Waals surface area contributed by atoms with Crippen molar-refractivity contribution in [2.45, 2.75) is 40.2 Å². The second kappa shape index (κ2) is 3.83. The van der Waals surface area contributed by atoms with Crippen LogP contribution in [0, 0.1) is 11.8 Å². The van der Waals surface area contributed by atoms with Gasteiger partial charge in [0.1, 0.15) is 0 Å². The lowest BCUT2D eigenvalue weighted by Gasteiger charge is -2.40. The van der Waals surface area contributed by atoms with Crippen molar-refractivity contribution < 1.29 is 9.59 Å². The molecule has 4 nitrogen and oxygen atoms in total. The summed E-state index contributed by atoms with van der Waals surface area (Å²) in [7, 11) is 0. The molecule has 1 unspecified atom stereocenters. The molecule has 0 bridgehead atoms. The van der Waals surface area contributed by atoms with Gasteiger partial charge in [0.2, 0.25) is 5.91 Å². The minimum Gasteiger partial charge on any atom is -0.337 e. The zero-order chi connectivity index (χ0) is 11.8. The van der Waals surface area contributed by atoms with Gasteiger partial charge in [-0.2, -0.15) is 0 Å². The molecule has 0 aromatic rings. The van der Waals surface area contributed by atoms with Crippen LogP contribution in [0.5, 0.6) is 0 Å². The molecule has 1 fully saturated rings. The van der Waals surface area contributed by atoms with E-state index in [2.05, 4.69) is 5.32 Å². The summed E-state index contributed by atoms with van der Waals surface area (Å²) in [6.45, 7) is 10.1. The van der Waals surface area contributed by atoms with E-state index in [-0.39, 0.29) is 23.8 Å². The van der Waals surface area contributed by atoms with Crippen molar-refractivity contribution in [2.24, 2.45) is 11.8 Å². The van der Waals surface area contributed by atoms with Crippen LogP contribution in [0.25, 0.3) is 0 Å². The summed E-state index contributed by atoms with van der Waals surface area (Å²) in [4.78, 5) is 25.0. The monoisotopic (exact) mass is 212 g/mol. The second-order valence-corrected chi connectivity index (χ2v) is 5.38. The van der Waals surface area contributed by atoms with Crippen molar-refractivity contribution >= 4 is 11.9 Å². The van der Waals surface area contributed by atoms with Crippen molar-refractivity contribution in [1.82, 2.24) is 10.2 Å². The molecule has 1 N–H and O–H groups in total. The molecule has 0 spiro atoms. The van der Waals surface area contributed by atoms with Crippen LogP contribution >= 0.6 is 0 Å². The predicted octanol–water partition coefficient (Wildman–Crippen LogP) is 1.61. The molecule has 0 radical (unpaired) electrons. The summed E-state index contributed by atoms with van der Waals surface area (Å²) in [6, 6.07) is -0.274. The number of nitrogens with one attached hydrogen (secondary N) is 1. The fourth-order valence-corrected chi connectivity index (χ4v) is 1.79. The molecule has 1 heterocycles. The number of rotatable bonds is 1. The minimum absolute atomic E-state index is 0.0544. The molecule has 15 heavy (non-hydrogen) atoms. The zero-order valence-electron chi connectivity index (χ0n) is 10.1. The molecule has 86 valence electrons. The number of hydrogen-bond donors (Lipinski definition) is 1. The average Bonchev–Trinajstić information content (AvgIpc) is 2.00. The Morgan fingerprint density at radius 1 is 1.33 bits per heavy atom. The van der Waals surface area contributed by atoms with Crippen LogP contribution in [0.15, 0.2) is 0 Å². The van der Waals surface area contributed by atoms with Gasteiger partial charge in [-0.05, 0) is 26.7 Å². The fourth-order valence-electron chi connectivity index (χ4n) is 1.79. The number of imide groups is 1. The summed E-state index contributed by atoms with van der Waals surface area (Å²) in [6.07, 6.45) is 0. The normalized spacial score (nSPS) is 23.3. The van der Waals surface area contributed by atoms with E-state index in [0.29, 0.717) is 6.54 Å². The SMILES string of the molecule is CC(C)C1CNC(=O)N(C(C)(C)C)C1=O. The standard InChI is InChI=1S/C11H20N2O2/c1-7(2)8-6-12-10(15)13(9(8)14)11(3,4)5/h7-8H,6H2,1-5H3,(H,12,15). The highest BCUT2D eigenvalue weighted by molar-refractivity contribution is 5.99.